The van der Waals surface area contributed by atoms with Crippen LogP contribution in [0.3, 0.4) is 0 Å². The number of carbonyl (C=O) groups is 1. The Morgan fingerprint density at radius 2 is 1.69 bits per heavy atom. The number of nitrogens with zero attached hydrogens (tertiary/aromatic N) is 1. The number of likely N-dealkylation sites (tertiary alicyclic amines) is 1. The molecule has 0 saturated carbocycles. The van der Waals surface area contributed by atoms with E-state index < -0.39 is 0 Å². The van der Waals surface area contributed by atoms with Gasteiger partial charge < -0.3 is 9.64 Å². The summed E-state index contributed by atoms with van der Waals surface area (Å²) in [5, 5.41) is 0. The maximum Gasteiger partial charge on any atom is 0.253 e. The first-order chi connectivity index (χ1) is 12.8. The Labute approximate surface area is 156 Å². The van der Waals surface area contributed by atoms with Crippen LogP contribution in [0.25, 0.3) is 0 Å². The molecule has 1 fully saturated rings. The first-order valence-electron chi connectivity index (χ1n) is 9.37. The molecule has 2 aromatic rings. The zero-order valence-corrected chi connectivity index (χ0v) is 15.3. The van der Waals surface area contributed by atoms with E-state index >= 15 is 0 Å². The Balaban J connectivity index is 1.51. The second kappa shape index (κ2) is 9.35. The third kappa shape index (κ3) is 5.06. The van der Waals surface area contributed by atoms with Gasteiger partial charge >= 0.3 is 0 Å². The van der Waals surface area contributed by atoms with E-state index in [9.17, 15) is 4.79 Å². The molecule has 136 valence electrons. The monoisotopic (exact) mass is 349 g/mol. The van der Waals surface area contributed by atoms with E-state index in [4.69, 9.17) is 4.74 Å². The van der Waals surface area contributed by atoms with Gasteiger partial charge in [0.1, 0.15) is 0 Å². The summed E-state index contributed by atoms with van der Waals surface area (Å²) in [6.45, 7) is 6.66. The molecule has 2 aromatic carbocycles. The maximum atomic E-state index is 12.7. The van der Waals surface area contributed by atoms with Gasteiger partial charge in [0.05, 0.1) is 6.61 Å². The molecule has 0 aromatic heterocycles. The van der Waals surface area contributed by atoms with Crippen LogP contribution in [-0.4, -0.2) is 37.1 Å². The van der Waals surface area contributed by atoms with Crippen LogP contribution in [0, 0.1) is 5.92 Å². The van der Waals surface area contributed by atoms with E-state index in [1.807, 2.05) is 23.1 Å². The fraction of sp³-hybridized carbons (Fsp3) is 0.348. The van der Waals surface area contributed by atoms with Crippen LogP contribution < -0.4 is 0 Å². The normalized spacial score (nSPS) is 15.0. The van der Waals surface area contributed by atoms with Crippen molar-refractivity contribution in [2.24, 2.45) is 5.92 Å². The van der Waals surface area contributed by atoms with Crippen molar-refractivity contribution in [1.82, 2.24) is 4.90 Å². The van der Waals surface area contributed by atoms with Gasteiger partial charge in [-0.15, -0.1) is 6.58 Å². The first kappa shape index (κ1) is 18.4. The SMILES string of the molecule is C=CCOCC1CCN(C(=O)c2ccc(Cc3ccccc3)cc2)CC1. The number of ether oxygens (including phenoxy) is 1. The van der Waals surface area contributed by atoms with Crippen LogP contribution in [0.5, 0.6) is 0 Å². The van der Waals surface area contributed by atoms with Crippen LogP contribution in [0.2, 0.25) is 0 Å². The van der Waals surface area contributed by atoms with Crippen LogP contribution in [0.15, 0.2) is 67.3 Å². The lowest BCUT2D eigenvalue weighted by Crippen LogP contribution is -2.39. The van der Waals surface area contributed by atoms with Gasteiger partial charge in [-0.3, -0.25) is 4.79 Å². The lowest BCUT2D eigenvalue weighted by atomic mass is 9.97. The first-order valence-corrected chi connectivity index (χ1v) is 9.37. The Morgan fingerprint density at radius 3 is 2.35 bits per heavy atom. The smallest absolute Gasteiger partial charge is 0.253 e. The van der Waals surface area contributed by atoms with Gasteiger partial charge in [-0.25, -0.2) is 0 Å². The highest BCUT2D eigenvalue weighted by atomic mass is 16.5. The molecule has 1 aliphatic rings. The van der Waals surface area contributed by atoms with Gasteiger partial charge in [0.25, 0.3) is 5.91 Å². The zero-order chi connectivity index (χ0) is 18.2. The largest absolute Gasteiger partial charge is 0.377 e. The average molecular weight is 349 g/mol. The van der Waals surface area contributed by atoms with Gasteiger partial charge in [0.15, 0.2) is 0 Å². The molecule has 1 amide bonds. The fourth-order valence-electron chi connectivity index (χ4n) is 3.40. The van der Waals surface area contributed by atoms with Crippen molar-refractivity contribution in [1.29, 1.82) is 0 Å². The van der Waals surface area contributed by atoms with Crippen molar-refractivity contribution in [3.05, 3.63) is 83.9 Å². The third-order valence-electron chi connectivity index (χ3n) is 4.94. The van der Waals surface area contributed by atoms with E-state index in [0.29, 0.717) is 12.5 Å². The average Bonchev–Trinajstić information content (AvgIpc) is 2.70. The number of hydrogen-bond donors (Lipinski definition) is 0. The number of piperidine rings is 1. The minimum atomic E-state index is 0.140. The predicted molar refractivity (Wildman–Crippen MR) is 105 cm³/mol. The molecule has 0 radical (unpaired) electrons. The molecule has 1 aliphatic heterocycles. The highest BCUT2D eigenvalue weighted by Gasteiger charge is 2.23. The molecule has 1 saturated heterocycles. The number of rotatable bonds is 7. The molecule has 0 spiro atoms. The van der Waals surface area contributed by atoms with Crippen molar-refractivity contribution >= 4 is 5.91 Å². The predicted octanol–water partition coefficient (Wildman–Crippen LogP) is 4.33. The maximum absolute atomic E-state index is 12.7. The second-order valence-electron chi connectivity index (χ2n) is 6.92. The van der Waals surface area contributed by atoms with Crippen LogP contribution in [-0.2, 0) is 11.2 Å². The lowest BCUT2D eigenvalue weighted by Gasteiger charge is -2.32. The molecular weight excluding hydrogens is 322 g/mol. The van der Waals surface area contributed by atoms with Gasteiger partial charge in [-0.05, 0) is 48.4 Å². The Hall–Kier alpha value is -2.39. The Bertz CT molecular complexity index is 701. The molecule has 0 bridgehead atoms. The molecule has 3 nitrogen and oxygen atoms in total. The molecule has 0 aliphatic carbocycles. The third-order valence-corrected chi connectivity index (χ3v) is 4.94. The van der Waals surface area contributed by atoms with Crippen LogP contribution >= 0.6 is 0 Å². The Morgan fingerprint density at radius 1 is 1.04 bits per heavy atom. The molecule has 3 heteroatoms. The van der Waals surface area contributed by atoms with E-state index in [1.165, 1.54) is 11.1 Å². The summed E-state index contributed by atoms with van der Waals surface area (Å²) in [4.78, 5) is 14.7. The van der Waals surface area contributed by atoms with Crippen LogP contribution in [0.4, 0.5) is 0 Å². The molecule has 0 unspecified atom stereocenters. The number of carbonyl (C=O) groups excluding carboxylic acids is 1. The summed E-state index contributed by atoms with van der Waals surface area (Å²) in [6, 6.07) is 18.4. The lowest BCUT2D eigenvalue weighted by molar-refractivity contribution is 0.0575. The van der Waals surface area contributed by atoms with Crippen molar-refractivity contribution in [3.63, 3.8) is 0 Å². The van der Waals surface area contributed by atoms with E-state index in [0.717, 1.165) is 44.5 Å². The summed E-state index contributed by atoms with van der Waals surface area (Å²) >= 11 is 0. The Kier molecular flexibility index (Phi) is 6.62. The summed E-state index contributed by atoms with van der Waals surface area (Å²) in [6.07, 6.45) is 4.69. The standard InChI is InChI=1S/C23H27NO2/c1-2-16-26-18-21-12-14-24(15-13-21)23(25)22-10-8-20(9-11-22)17-19-6-4-3-5-7-19/h2-11,21H,1,12-18H2. The zero-order valence-electron chi connectivity index (χ0n) is 15.3. The molecule has 0 N–H and O–H groups in total. The van der Waals surface area contributed by atoms with E-state index in [-0.39, 0.29) is 5.91 Å². The molecular formula is C23H27NO2. The minimum absolute atomic E-state index is 0.140. The summed E-state index contributed by atoms with van der Waals surface area (Å²) in [5.74, 6) is 0.689. The number of amides is 1. The summed E-state index contributed by atoms with van der Waals surface area (Å²) in [5.41, 5.74) is 3.29. The fourth-order valence-corrected chi connectivity index (χ4v) is 3.40. The topological polar surface area (TPSA) is 29.5 Å². The van der Waals surface area contributed by atoms with Gasteiger partial charge in [0, 0.05) is 25.3 Å². The van der Waals surface area contributed by atoms with Crippen molar-refractivity contribution in [2.75, 3.05) is 26.3 Å². The van der Waals surface area contributed by atoms with Crippen molar-refractivity contribution < 1.29 is 9.53 Å². The van der Waals surface area contributed by atoms with E-state index in [2.05, 4.69) is 43.0 Å². The van der Waals surface area contributed by atoms with Gasteiger partial charge in [0.2, 0.25) is 0 Å². The van der Waals surface area contributed by atoms with Crippen molar-refractivity contribution in [2.45, 2.75) is 19.3 Å². The quantitative estimate of drug-likeness (QED) is 0.550. The highest BCUT2D eigenvalue weighted by Crippen LogP contribution is 2.20. The number of benzene rings is 2. The molecule has 3 rings (SSSR count). The number of hydrogen-bond acceptors (Lipinski definition) is 2. The minimum Gasteiger partial charge on any atom is -0.377 e. The summed E-state index contributed by atoms with van der Waals surface area (Å²) < 4.78 is 5.54. The van der Waals surface area contributed by atoms with Crippen molar-refractivity contribution in [3.8, 4) is 0 Å². The van der Waals surface area contributed by atoms with Gasteiger partial charge in [-0.2, -0.15) is 0 Å². The molecule has 26 heavy (non-hydrogen) atoms. The highest BCUT2D eigenvalue weighted by molar-refractivity contribution is 5.94. The van der Waals surface area contributed by atoms with Gasteiger partial charge in [-0.1, -0.05) is 48.5 Å². The van der Waals surface area contributed by atoms with E-state index in [1.54, 1.807) is 6.08 Å². The second-order valence-corrected chi connectivity index (χ2v) is 6.92. The van der Waals surface area contributed by atoms with Crippen LogP contribution in [0.1, 0.15) is 34.3 Å². The summed E-state index contributed by atoms with van der Waals surface area (Å²) in [7, 11) is 0. The molecule has 1 heterocycles. The molecule has 0 atom stereocenters.